The fraction of sp³-hybridized carbons (Fsp3) is 0.182. The molecule has 0 spiro atoms. The number of rotatable bonds is 3. The monoisotopic (exact) mass is 246 g/mol. The van der Waals surface area contributed by atoms with E-state index in [0.29, 0.717) is 5.56 Å². The standard InChI is InChI=1S/C11H10N4OS/c1-15-7-13-14-11(15)17-10-3-2-8(6-16)4-9(10)5-12/h2-4,7,16H,6H2,1H3. The summed E-state index contributed by atoms with van der Waals surface area (Å²) in [5.74, 6) is 0. The van der Waals surface area contributed by atoms with Gasteiger partial charge >= 0.3 is 0 Å². The minimum atomic E-state index is -0.0659. The van der Waals surface area contributed by atoms with Crippen LogP contribution in [0.2, 0.25) is 0 Å². The van der Waals surface area contributed by atoms with Crippen molar-refractivity contribution in [3.8, 4) is 6.07 Å². The Morgan fingerprint density at radius 2 is 2.35 bits per heavy atom. The van der Waals surface area contributed by atoms with Crippen molar-refractivity contribution in [1.82, 2.24) is 14.8 Å². The van der Waals surface area contributed by atoms with E-state index in [-0.39, 0.29) is 6.61 Å². The van der Waals surface area contributed by atoms with Crippen molar-refractivity contribution in [3.63, 3.8) is 0 Å². The molecule has 0 fully saturated rings. The molecule has 86 valence electrons. The molecule has 5 nitrogen and oxygen atoms in total. The van der Waals surface area contributed by atoms with E-state index in [1.807, 2.05) is 13.1 Å². The number of aliphatic hydroxyl groups is 1. The quantitative estimate of drug-likeness (QED) is 0.884. The van der Waals surface area contributed by atoms with Crippen LogP contribution in [0.15, 0.2) is 34.6 Å². The Kier molecular flexibility index (Phi) is 3.42. The smallest absolute Gasteiger partial charge is 0.195 e. The number of aryl methyl sites for hydroxylation is 1. The molecule has 0 aliphatic rings. The number of aromatic nitrogens is 3. The summed E-state index contributed by atoms with van der Waals surface area (Å²) < 4.78 is 1.78. The first-order chi connectivity index (χ1) is 8.24. The Balaban J connectivity index is 2.34. The Morgan fingerprint density at radius 1 is 1.53 bits per heavy atom. The molecule has 6 heteroatoms. The summed E-state index contributed by atoms with van der Waals surface area (Å²) in [5.41, 5.74) is 1.26. The van der Waals surface area contributed by atoms with Crippen molar-refractivity contribution in [2.24, 2.45) is 7.05 Å². The first-order valence-electron chi connectivity index (χ1n) is 4.90. The molecule has 0 unspecified atom stereocenters. The zero-order chi connectivity index (χ0) is 12.3. The van der Waals surface area contributed by atoms with Gasteiger partial charge in [-0.3, -0.25) is 0 Å². The number of benzene rings is 1. The minimum absolute atomic E-state index is 0.0659. The highest BCUT2D eigenvalue weighted by Gasteiger charge is 2.08. The van der Waals surface area contributed by atoms with Crippen molar-refractivity contribution in [1.29, 1.82) is 5.26 Å². The molecule has 0 aliphatic heterocycles. The second kappa shape index (κ2) is 4.99. The summed E-state index contributed by atoms with van der Waals surface area (Å²) >= 11 is 1.38. The van der Waals surface area contributed by atoms with Crippen molar-refractivity contribution >= 4 is 11.8 Å². The largest absolute Gasteiger partial charge is 0.392 e. The average molecular weight is 246 g/mol. The second-order valence-corrected chi connectivity index (χ2v) is 4.44. The summed E-state index contributed by atoms with van der Waals surface area (Å²) in [4.78, 5) is 0.806. The lowest BCUT2D eigenvalue weighted by atomic mass is 10.1. The molecule has 0 atom stereocenters. The van der Waals surface area contributed by atoms with E-state index in [0.717, 1.165) is 15.6 Å². The van der Waals surface area contributed by atoms with E-state index < -0.39 is 0 Å². The normalized spacial score (nSPS) is 10.2. The Morgan fingerprint density at radius 3 is 2.94 bits per heavy atom. The molecule has 17 heavy (non-hydrogen) atoms. The van der Waals surface area contributed by atoms with Crippen LogP contribution in [-0.4, -0.2) is 19.9 Å². The molecular weight excluding hydrogens is 236 g/mol. The summed E-state index contributed by atoms with van der Waals surface area (Å²) in [6.07, 6.45) is 1.61. The van der Waals surface area contributed by atoms with Crippen LogP contribution in [0.4, 0.5) is 0 Å². The van der Waals surface area contributed by atoms with Crippen LogP contribution in [0.1, 0.15) is 11.1 Å². The maximum atomic E-state index is 9.05. The van der Waals surface area contributed by atoms with Crippen LogP contribution < -0.4 is 0 Å². The van der Waals surface area contributed by atoms with Crippen LogP contribution >= 0.6 is 11.8 Å². The second-order valence-electron chi connectivity index (χ2n) is 3.43. The van der Waals surface area contributed by atoms with Gasteiger partial charge in [0.05, 0.1) is 12.2 Å². The summed E-state index contributed by atoms with van der Waals surface area (Å²) in [7, 11) is 1.84. The lowest BCUT2D eigenvalue weighted by molar-refractivity contribution is 0.281. The molecule has 1 aromatic carbocycles. The Hall–Kier alpha value is -1.84. The zero-order valence-corrected chi connectivity index (χ0v) is 9.98. The van der Waals surface area contributed by atoms with Gasteiger partial charge in [0.15, 0.2) is 5.16 Å². The number of aliphatic hydroxyl groups excluding tert-OH is 1. The number of nitriles is 1. The number of hydrogen-bond acceptors (Lipinski definition) is 5. The minimum Gasteiger partial charge on any atom is -0.392 e. The van der Waals surface area contributed by atoms with E-state index in [1.54, 1.807) is 23.0 Å². The van der Waals surface area contributed by atoms with Gasteiger partial charge in [0.2, 0.25) is 0 Å². The highest BCUT2D eigenvalue weighted by molar-refractivity contribution is 7.99. The third kappa shape index (κ3) is 2.46. The lowest BCUT2D eigenvalue weighted by Crippen LogP contribution is -1.91. The molecule has 0 aliphatic carbocycles. The highest BCUT2D eigenvalue weighted by Crippen LogP contribution is 2.28. The van der Waals surface area contributed by atoms with Crippen molar-refractivity contribution < 1.29 is 5.11 Å². The number of nitrogens with zero attached hydrogens (tertiary/aromatic N) is 4. The van der Waals surface area contributed by atoms with E-state index in [4.69, 9.17) is 10.4 Å². The van der Waals surface area contributed by atoms with Crippen LogP contribution in [-0.2, 0) is 13.7 Å². The zero-order valence-electron chi connectivity index (χ0n) is 9.16. The third-order valence-electron chi connectivity index (χ3n) is 2.22. The Bertz CT molecular complexity index is 573. The first kappa shape index (κ1) is 11.6. The van der Waals surface area contributed by atoms with Crippen LogP contribution in [0.25, 0.3) is 0 Å². The Labute approximate surface area is 103 Å². The first-order valence-corrected chi connectivity index (χ1v) is 5.72. The van der Waals surface area contributed by atoms with Gasteiger partial charge in [-0.2, -0.15) is 5.26 Å². The van der Waals surface area contributed by atoms with Gasteiger partial charge in [-0.05, 0) is 29.5 Å². The van der Waals surface area contributed by atoms with Gasteiger partial charge < -0.3 is 9.67 Å². The van der Waals surface area contributed by atoms with Gasteiger partial charge in [-0.1, -0.05) is 6.07 Å². The maximum Gasteiger partial charge on any atom is 0.195 e. The van der Waals surface area contributed by atoms with Crippen LogP contribution in [0, 0.1) is 11.3 Å². The molecular formula is C11H10N4OS. The molecule has 1 aromatic heterocycles. The third-order valence-corrected chi connectivity index (χ3v) is 3.35. The van der Waals surface area contributed by atoms with E-state index >= 15 is 0 Å². The van der Waals surface area contributed by atoms with E-state index in [2.05, 4.69) is 16.3 Å². The van der Waals surface area contributed by atoms with Crippen molar-refractivity contribution in [2.45, 2.75) is 16.7 Å². The van der Waals surface area contributed by atoms with Gasteiger partial charge in [0.1, 0.15) is 12.4 Å². The topological polar surface area (TPSA) is 74.7 Å². The SMILES string of the molecule is Cn1cnnc1Sc1ccc(CO)cc1C#N. The molecule has 2 rings (SSSR count). The van der Waals surface area contributed by atoms with Gasteiger partial charge in [0.25, 0.3) is 0 Å². The van der Waals surface area contributed by atoms with E-state index in [1.165, 1.54) is 11.8 Å². The lowest BCUT2D eigenvalue weighted by Gasteiger charge is -2.04. The maximum absolute atomic E-state index is 9.05. The fourth-order valence-electron chi connectivity index (χ4n) is 1.32. The highest BCUT2D eigenvalue weighted by atomic mass is 32.2. The predicted molar refractivity (Wildman–Crippen MR) is 62.2 cm³/mol. The molecule has 1 N–H and O–H groups in total. The molecule has 0 bridgehead atoms. The number of hydrogen-bond donors (Lipinski definition) is 1. The molecule has 2 aromatic rings. The van der Waals surface area contributed by atoms with Crippen molar-refractivity contribution in [3.05, 3.63) is 35.7 Å². The summed E-state index contributed by atoms with van der Waals surface area (Å²) in [5, 5.41) is 26.5. The van der Waals surface area contributed by atoms with Gasteiger partial charge in [-0.25, -0.2) is 0 Å². The van der Waals surface area contributed by atoms with Gasteiger partial charge in [0, 0.05) is 11.9 Å². The summed E-state index contributed by atoms with van der Waals surface area (Å²) in [6.45, 7) is -0.0659. The van der Waals surface area contributed by atoms with Crippen LogP contribution in [0.5, 0.6) is 0 Å². The molecule has 0 amide bonds. The van der Waals surface area contributed by atoms with E-state index in [9.17, 15) is 0 Å². The molecule has 1 heterocycles. The van der Waals surface area contributed by atoms with Crippen LogP contribution in [0.3, 0.4) is 0 Å². The molecule has 0 saturated heterocycles. The molecule has 0 saturated carbocycles. The average Bonchev–Trinajstić information content (AvgIpc) is 2.75. The molecule has 0 radical (unpaired) electrons. The summed E-state index contributed by atoms with van der Waals surface area (Å²) in [6, 6.07) is 7.39. The predicted octanol–water partition coefficient (Wildman–Crippen LogP) is 1.33. The fourth-order valence-corrected chi connectivity index (χ4v) is 2.14. The van der Waals surface area contributed by atoms with Crippen molar-refractivity contribution in [2.75, 3.05) is 0 Å². The van der Waals surface area contributed by atoms with Gasteiger partial charge in [-0.15, -0.1) is 10.2 Å².